The van der Waals surface area contributed by atoms with E-state index in [0.29, 0.717) is 17.7 Å². The van der Waals surface area contributed by atoms with Gasteiger partial charge in [-0.15, -0.1) is 0 Å². The molecule has 1 N–H and O–H groups in total. The van der Waals surface area contributed by atoms with Gasteiger partial charge in [0.2, 0.25) is 0 Å². The van der Waals surface area contributed by atoms with Crippen LogP contribution >= 0.6 is 0 Å². The van der Waals surface area contributed by atoms with E-state index in [1.807, 2.05) is 20.8 Å². The fourth-order valence-electron chi connectivity index (χ4n) is 2.71. The number of amides is 1. The SMILES string of the molecule is CC(C)(C)c1ccc(C(=O)NCCc2cc(C(F)(F)F)cc(C(F)(F)F)c2)cc1. The van der Waals surface area contributed by atoms with E-state index in [4.69, 9.17) is 0 Å². The summed E-state index contributed by atoms with van der Waals surface area (Å²) < 4.78 is 77.3. The van der Waals surface area contributed by atoms with Gasteiger partial charge in [-0.05, 0) is 53.3 Å². The maximum atomic E-state index is 12.9. The van der Waals surface area contributed by atoms with Crippen LogP contribution in [0.15, 0.2) is 42.5 Å². The zero-order valence-electron chi connectivity index (χ0n) is 16.1. The summed E-state index contributed by atoms with van der Waals surface area (Å²) in [5.41, 5.74) is -1.60. The molecule has 0 saturated heterocycles. The molecule has 0 bridgehead atoms. The number of rotatable bonds is 4. The fraction of sp³-hybridized carbons (Fsp3) is 0.381. The van der Waals surface area contributed by atoms with Gasteiger partial charge in [0.05, 0.1) is 11.1 Å². The van der Waals surface area contributed by atoms with E-state index in [1.165, 1.54) is 0 Å². The third-order valence-electron chi connectivity index (χ3n) is 4.36. The number of hydrogen-bond acceptors (Lipinski definition) is 1. The van der Waals surface area contributed by atoms with Crippen molar-refractivity contribution in [3.8, 4) is 0 Å². The van der Waals surface area contributed by atoms with E-state index in [9.17, 15) is 31.1 Å². The van der Waals surface area contributed by atoms with Crippen LogP contribution in [-0.4, -0.2) is 12.5 Å². The highest BCUT2D eigenvalue weighted by Crippen LogP contribution is 2.36. The van der Waals surface area contributed by atoms with Gasteiger partial charge in [0.1, 0.15) is 0 Å². The highest BCUT2D eigenvalue weighted by molar-refractivity contribution is 5.94. The molecular formula is C21H21F6NO. The van der Waals surface area contributed by atoms with Crippen molar-refractivity contribution >= 4 is 5.91 Å². The minimum Gasteiger partial charge on any atom is -0.352 e. The van der Waals surface area contributed by atoms with Gasteiger partial charge in [0.15, 0.2) is 0 Å². The Hall–Kier alpha value is -2.51. The predicted molar refractivity (Wildman–Crippen MR) is 97.6 cm³/mol. The molecule has 2 rings (SSSR count). The van der Waals surface area contributed by atoms with Gasteiger partial charge in [-0.25, -0.2) is 0 Å². The van der Waals surface area contributed by atoms with Crippen LogP contribution in [-0.2, 0) is 24.2 Å². The molecule has 158 valence electrons. The van der Waals surface area contributed by atoms with Crippen LogP contribution in [0.1, 0.15) is 53.4 Å². The number of alkyl halides is 6. The van der Waals surface area contributed by atoms with E-state index < -0.39 is 29.4 Å². The van der Waals surface area contributed by atoms with Crippen LogP contribution in [0.4, 0.5) is 26.3 Å². The lowest BCUT2D eigenvalue weighted by Crippen LogP contribution is -2.26. The molecule has 8 heteroatoms. The third kappa shape index (κ3) is 6.24. The molecule has 0 aromatic heterocycles. The molecule has 0 aliphatic heterocycles. The Morgan fingerprint density at radius 1 is 0.793 bits per heavy atom. The van der Waals surface area contributed by atoms with Crippen molar-refractivity contribution in [2.24, 2.45) is 0 Å². The van der Waals surface area contributed by atoms with E-state index in [1.54, 1.807) is 24.3 Å². The number of carbonyl (C=O) groups is 1. The van der Waals surface area contributed by atoms with Crippen molar-refractivity contribution in [3.63, 3.8) is 0 Å². The maximum absolute atomic E-state index is 12.9. The molecule has 0 radical (unpaired) electrons. The van der Waals surface area contributed by atoms with Crippen molar-refractivity contribution in [2.75, 3.05) is 6.54 Å². The standard InChI is InChI=1S/C21H21F6NO/c1-19(2,3)15-6-4-14(5-7-15)18(29)28-9-8-13-10-16(20(22,23)24)12-17(11-13)21(25,26)27/h4-7,10-12H,8-9H2,1-3H3,(H,28,29). The van der Waals surface area contributed by atoms with E-state index >= 15 is 0 Å². The Bertz CT molecular complexity index is 828. The Labute approximate surface area is 164 Å². The highest BCUT2D eigenvalue weighted by atomic mass is 19.4. The van der Waals surface area contributed by atoms with Gasteiger partial charge in [0, 0.05) is 12.1 Å². The minimum atomic E-state index is -4.89. The summed E-state index contributed by atoms with van der Waals surface area (Å²) in [4.78, 5) is 12.2. The summed E-state index contributed by atoms with van der Waals surface area (Å²) in [6.45, 7) is 5.96. The Morgan fingerprint density at radius 2 is 1.28 bits per heavy atom. The zero-order chi connectivity index (χ0) is 22.0. The average molecular weight is 417 g/mol. The molecule has 0 unspecified atom stereocenters. The van der Waals surface area contributed by atoms with Gasteiger partial charge in [0.25, 0.3) is 5.91 Å². The molecule has 0 aliphatic carbocycles. The van der Waals surface area contributed by atoms with Crippen molar-refractivity contribution < 1.29 is 31.1 Å². The van der Waals surface area contributed by atoms with Crippen molar-refractivity contribution in [3.05, 3.63) is 70.3 Å². The van der Waals surface area contributed by atoms with E-state index in [2.05, 4.69) is 5.32 Å². The lowest BCUT2D eigenvalue weighted by Gasteiger charge is -2.19. The quantitative estimate of drug-likeness (QED) is 0.608. The molecule has 0 aliphatic rings. The van der Waals surface area contributed by atoms with Gasteiger partial charge in [-0.1, -0.05) is 32.9 Å². The fourth-order valence-corrected chi connectivity index (χ4v) is 2.71. The normalized spacial score (nSPS) is 12.7. The van der Waals surface area contributed by atoms with Gasteiger partial charge in [-0.3, -0.25) is 4.79 Å². The lowest BCUT2D eigenvalue weighted by atomic mass is 9.87. The summed E-state index contributed by atoms with van der Waals surface area (Å²) in [7, 11) is 0. The summed E-state index contributed by atoms with van der Waals surface area (Å²) in [6, 6.07) is 8.27. The Balaban J connectivity index is 2.08. The van der Waals surface area contributed by atoms with Crippen molar-refractivity contribution in [2.45, 2.75) is 45.0 Å². The average Bonchev–Trinajstić information content (AvgIpc) is 2.59. The molecule has 0 saturated carbocycles. The van der Waals surface area contributed by atoms with Crippen molar-refractivity contribution in [1.82, 2.24) is 5.32 Å². The molecular weight excluding hydrogens is 396 g/mol. The second-order valence-corrected chi connectivity index (χ2v) is 7.75. The van der Waals surface area contributed by atoms with Gasteiger partial charge >= 0.3 is 12.4 Å². The van der Waals surface area contributed by atoms with Crippen LogP contribution < -0.4 is 5.32 Å². The van der Waals surface area contributed by atoms with E-state index in [0.717, 1.165) is 5.56 Å². The summed E-state index contributed by atoms with van der Waals surface area (Å²) in [5.74, 6) is -0.450. The van der Waals surface area contributed by atoms with E-state index in [-0.39, 0.29) is 30.0 Å². The number of benzene rings is 2. The Morgan fingerprint density at radius 3 is 1.69 bits per heavy atom. The summed E-state index contributed by atoms with van der Waals surface area (Å²) in [5, 5.41) is 2.52. The number of nitrogens with one attached hydrogen (secondary N) is 1. The maximum Gasteiger partial charge on any atom is 0.416 e. The Kier molecular flexibility index (Phi) is 6.35. The topological polar surface area (TPSA) is 29.1 Å². The van der Waals surface area contributed by atoms with Gasteiger partial charge < -0.3 is 5.32 Å². The van der Waals surface area contributed by atoms with Crippen LogP contribution in [0.5, 0.6) is 0 Å². The third-order valence-corrected chi connectivity index (χ3v) is 4.36. The first-order valence-corrected chi connectivity index (χ1v) is 8.85. The smallest absolute Gasteiger partial charge is 0.352 e. The first-order valence-electron chi connectivity index (χ1n) is 8.85. The van der Waals surface area contributed by atoms with Crippen LogP contribution in [0.2, 0.25) is 0 Å². The molecule has 2 aromatic rings. The van der Waals surface area contributed by atoms with Gasteiger partial charge in [-0.2, -0.15) is 26.3 Å². The molecule has 0 spiro atoms. The first kappa shape index (κ1) is 22.8. The highest BCUT2D eigenvalue weighted by Gasteiger charge is 2.36. The van der Waals surface area contributed by atoms with Crippen LogP contribution in [0, 0.1) is 0 Å². The number of carbonyl (C=O) groups excluding carboxylic acids is 1. The van der Waals surface area contributed by atoms with Crippen LogP contribution in [0.3, 0.4) is 0 Å². The monoisotopic (exact) mass is 417 g/mol. The number of hydrogen-bond donors (Lipinski definition) is 1. The zero-order valence-corrected chi connectivity index (χ0v) is 16.1. The summed E-state index contributed by atoms with van der Waals surface area (Å²) >= 11 is 0. The van der Waals surface area contributed by atoms with Crippen molar-refractivity contribution in [1.29, 1.82) is 0 Å². The molecule has 2 nitrogen and oxygen atoms in total. The molecule has 1 amide bonds. The minimum absolute atomic E-state index is 0.0822. The molecule has 29 heavy (non-hydrogen) atoms. The lowest BCUT2D eigenvalue weighted by molar-refractivity contribution is -0.143. The largest absolute Gasteiger partial charge is 0.416 e. The van der Waals surface area contributed by atoms with Crippen LogP contribution in [0.25, 0.3) is 0 Å². The second kappa shape index (κ2) is 8.08. The summed E-state index contributed by atoms with van der Waals surface area (Å²) in [6.07, 6.45) is -9.96. The molecule has 0 heterocycles. The second-order valence-electron chi connectivity index (χ2n) is 7.75. The molecule has 0 fully saturated rings. The molecule has 2 aromatic carbocycles. The first-order chi connectivity index (χ1) is 13.2. The molecule has 0 atom stereocenters. The predicted octanol–water partition coefficient (Wildman–Crippen LogP) is 5.99. The number of halogens is 6.